The Morgan fingerprint density at radius 2 is 2.11 bits per heavy atom. The third kappa shape index (κ3) is 3.53. The maximum absolute atomic E-state index is 12.4. The lowest BCUT2D eigenvalue weighted by Gasteiger charge is -2.21. The highest BCUT2D eigenvalue weighted by atomic mass is 16.2. The van der Waals surface area contributed by atoms with Gasteiger partial charge in [0.05, 0.1) is 12.1 Å². The molecular formula is C15H20N2O. The van der Waals surface area contributed by atoms with Crippen LogP contribution in [0.4, 0.5) is 5.69 Å². The van der Waals surface area contributed by atoms with E-state index in [-0.39, 0.29) is 5.91 Å². The minimum absolute atomic E-state index is 0.00801. The summed E-state index contributed by atoms with van der Waals surface area (Å²) < 4.78 is 0. The maximum Gasteiger partial charge on any atom is 0.256 e. The minimum Gasteiger partial charge on any atom is -0.385 e. The normalized spacial score (nSPS) is 9.61. The van der Waals surface area contributed by atoms with E-state index >= 15 is 0 Å². The minimum atomic E-state index is -0.00801. The molecule has 3 heteroatoms. The molecule has 0 saturated carbocycles. The number of benzene rings is 1. The summed E-state index contributed by atoms with van der Waals surface area (Å²) in [6, 6.07) is 7.53. The number of anilines is 1. The summed E-state index contributed by atoms with van der Waals surface area (Å²) in [5.74, 6) is 2.53. The molecule has 0 saturated heterocycles. The molecule has 1 aromatic carbocycles. The Labute approximate surface area is 109 Å². The zero-order valence-electron chi connectivity index (χ0n) is 11.1. The monoisotopic (exact) mass is 244 g/mol. The second kappa shape index (κ2) is 7.39. The van der Waals surface area contributed by atoms with Crippen LogP contribution in [0.25, 0.3) is 0 Å². The van der Waals surface area contributed by atoms with Crippen molar-refractivity contribution in [3.05, 3.63) is 29.8 Å². The molecule has 0 atom stereocenters. The van der Waals surface area contributed by atoms with E-state index in [0.717, 1.165) is 18.7 Å². The molecule has 0 aliphatic rings. The van der Waals surface area contributed by atoms with Gasteiger partial charge in [-0.15, -0.1) is 6.42 Å². The van der Waals surface area contributed by atoms with Crippen molar-refractivity contribution < 1.29 is 4.79 Å². The van der Waals surface area contributed by atoms with Gasteiger partial charge in [-0.2, -0.15) is 0 Å². The largest absolute Gasteiger partial charge is 0.385 e. The summed E-state index contributed by atoms with van der Waals surface area (Å²) >= 11 is 0. The fraction of sp³-hybridized carbons (Fsp3) is 0.400. The predicted octanol–water partition coefficient (Wildman–Crippen LogP) is 2.60. The summed E-state index contributed by atoms with van der Waals surface area (Å²) in [4.78, 5) is 14.1. The van der Waals surface area contributed by atoms with Crippen LogP contribution < -0.4 is 5.32 Å². The Bertz CT molecular complexity index is 434. The molecule has 0 unspecified atom stereocenters. The number of rotatable bonds is 6. The van der Waals surface area contributed by atoms with E-state index in [1.165, 1.54) is 0 Å². The number of carbonyl (C=O) groups is 1. The van der Waals surface area contributed by atoms with Crippen molar-refractivity contribution in [2.75, 3.05) is 25.0 Å². The molecule has 0 radical (unpaired) electrons. The van der Waals surface area contributed by atoms with Crippen molar-refractivity contribution in [2.24, 2.45) is 0 Å². The molecule has 3 nitrogen and oxygen atoms in total. The molecule has 0 heterocycles. The molecular weight excluding hydrogens is 224 g/mol. The Morgan fingerprint density at radius 3 is 2.72 bits per heavy atom. The highest BCUT2D eigenvalue weighted by molar-refractivity contribution is 5.99. The number of hydrogen-bond acceptors (Lipinski definition) is 2. The lowest BCUT2D eigenvalue weighted by Crippen LogP contribution is -2.32. The summed E-state index contributed by atoms with van der Waals surface area (Å²) in [6.45, 7) is 5.86. The summed E-state index contributed by atoms with van der Waals surface area (Å²) in [5.41, 5.74) is 1.55. The Hall–Kier alpha value is -1.95. The van der Waals surface area contributed by atoms with Crippen molar-refractivity contribution >= 4 is 11.6 Å². The average molecular weight is 244 g/mol. The van der Waals surface area contributed by atoms with E-state index in [9.17, 15) is 4.79 Å². The van der Waals surface area contributed by atoms with Crippen LogP contribution in [0.2, 0.25) is 0 Å². The van der Waals surface area contributed by atoms with Crippen LogP contribution in [0.5, 0.6) is 0 Å². The number of terminal acetylenes is 1. The van der Waals surface area contributed by atoms with Crippen molar-refractivity contribution in [1.82, 2.24) is 4.90 Å². The van der Waals surface area contributed by atoms with Crippen molar-refractivity contribution in [3.8, 4) is 12.3 Å². The number of para-hydroxylation sites is 1. The van der Waals surface area contributed by atoms with Crippen LogP contribution in [0, 0.1) is 12.3 Å². The first kappa shape index (κ1) is 14.1. The smallest absolute Gasteiger partial charge is 0.256 e. The fourth-order valence-corrected chi connectivity index (χ4v) is 1.82. The molecule has 0 aliphatic carbocycles. The van der Waals surface area contributed by atoms with Crippen LogP contribution >= 0.6 is 0 Å². The van der Waals surface area contributed by atoms with Crippen LogP contribution in [-0.4, -0.2) is 30.4 Å². The SMILES string of the molecule is C#CCN(CCC)C(=O)c1ccccc1NCC. The summed E-state index contributed by atoms with van der Waals surface area (Å²) in [6.07, 6.45) is 6.21. The van der Waals surface area contributed by atoms with Crippen LogP contribution in [0.3, 0.4) is 0 Å². The quantitative estimate of drug-likeness (QED) is 0.780. The first-order chi connectivity index (χ1) is 8.74. The molecule has 0 fully saturated rings. The van der Waals surface area contributed by atoms with E-state index in [4.69, 9.17) is 6.42 Å². The predicted molar refractivity (Wildman–Crippen MR) is 75.6 cm³/mol. The molecule has 0 bridgehead atoms. The van der Waals surface area contributed by atoms with E-state index < -0.39 is 0 Å². The summed E-state index contributed by atoms with van der Waals surface area (Å²) in [5, 5.41) is 3.20. The number of carbonyl (C=O) groups excluding carboxylic acids is 1. The summed E-state index contributed by atoms with van der Waals surface area (Å²) in [7, 11) is 0. The van der Waals surface area contributed by atoms with E-state index in [2.05, 4.69) is 11.2 Å². The topological polar surface area (TPSA) is 32.3 Å². The van der Waals surface area contributed by atoms with E-state index in [1.807, 2.05) is 38.1 Å². The van der Waals surface area contributed by atoms with Crippen molar-refractivity contribution in [1.29, 1.82) is 0 Å². The van der Waals surface area contributed by atoms with Gasteiger partial charge < -0.3 is 10.2 Å². The average Bonchev–Trinajstić information content (AvgIpc) is 2.39. The second-order valence-electron chi connectivity index (χ2n) is 4.01. The molecule has 0 spiro atoms. The molecule has 1 amide bonds. The third-order valence-electron chi connectivity index (χ3n) is 2.59. The van der Waals surface area contributed by atoms with Gasteiger partial charge in [-0.25, -0.2) is 0 Å². The lowest BCUT2D eigenvalue weighted by molar-refractivity contribution is 0.0778. The lowest BCUT2D eigenvalue weighted by atomic mass is 10.1. The van der Waals surface area contributed by atoms with Gasteiger partial charge in [0.1, 0.15) is 0 Å². The molecule has 0 aliphatic heterocycles. The second-order valence-corrected chi connectivity index (χ2v) is 4.01. The Morgan fingerprint density at radius 1 is 1.39 bits per heavy atom. The highest BCUT2D eigenvalue weighted by Crippen LogP contribution is 2.17. The van der Waals surface area contributed by atoms with Gasteiger partial charge in [0.2, 0.25) is 0 Å². The van der Waals surface area contributed by atoms with Gasteiger partial charge in [-0.1, -0.05) is 25.0 Å². The van der Waals surface area contributed by atoms with Crippen molar-refractivity contribution in [2.45, 2.75) is 20.3 Å². The molecule has 1 rings (SSSR count). The standard InChI is InChI=1S/C15H20N2O/c1-4-11-17(12-5-2)15(18)13-9-7-8-10-14(13)16-6-3/h1,7-10,16H,5-6,11-12H2,2-3H3. The van der Waals surface area contributed by atoms with Crippen LogP contribution in [-0.2, 0) is 0 Å². The van der Waals surface area contributed by atoms with Crippen LogP contribution in [0.15, 0.2) is 24.3 Å². The number of nitrogens with zero attached hydrogens (tertiary/aromatic N) is 1. The van der Waals surface area contributed by atoms with Gasteiger partial charge in [0, 0.05) is 18.8 Å². The zero-order valence-corrected chi connectivity index (χ0v) is 11.1. The third-order valence-corrected chi connectivity index (χ3v) is 2.59. The first-order valence-electron chi connectivity index (χ1n) is 6.30. The van der Waals surface area contributed by atoms with E-state index in [1.54, 1.807) is 4.90 Å². The number of nitrogens with one attached hydrogen (secondary N) is 1. The number of amides is 1. The zero-order chi connectivity index (χ0) is 13.4. The van der Waals surface area contributed by atoms with Gasteiger partial charge >= 0.3 is 0 Å². The van der Waals surface area contributed by atoms with Gasteiger partial charge in [-0.3, -0.25) is 4.79 Å². The van der Waals surface area contributed by atoms with Crippen molar-refractivity contribution in [3.63, 3.8) is 0 Å². The van der Waals surface area contributed by atoms with Gasteiger partial charge in [0.25, 0.3) is 5.91 Å². The molecule has 0 aromatic heterocycles. The van der Waals surface area contributed by atoms with Gasteiger partial charge in [-0.05, 0) is 25.5 Å². The molecule has 1 N–H and O–H groups in total. The number of hydrogen-bond donors (Lipinski definition) is 1. The first-order valence-corrected chi connectivity index (χ1v) is 6.30. The Balaban J connectivity index is 2.97. The van der Waals surface area contributed by atoms with Crippen LogP contribution in [0.1, 0.15) is 30.6 Å². The maximum atomic E-state index is 12.4. The van der Waals surface area contributed by atoms with Gasteiger partial charge in [0.15, 0.2) is 0 Å². The Kier molecular flexibility index (Phi) is 5.79. The highest BCUT2D eigenvalue weighted by Gasteiger charge is 2.16. The molecule has 1 aromatic rings. The molecule has 18 heavy (non-hydrogen) atoms. The fourth-order valence-electron chi connectivity index (χ4n) is 1.82. The molecule has 96 valence electrons. The van der Waals surface area contributed by atoms with E-state index in [0.29, 0.717) is 18.7 Å².